The number of likely N-dealkylation sites (tertiary alicyclic amines) is 1. The summed E-state index contributed by atoms with van der Waals surface area (Å²) in [6, 6.07) is 0. The van der Waals surface area contributed by atoms with E-state index in [0.717, 1.165) is 43.4 Å². The van der Waals surface area contributed by atoms with Gasteiger partial charge in [-0.25, -0.2) is 0 Å². The van der Waals surface area contributed by atoms with Crippen LogP contribution in [0.25, 0.3) is 0 Å². The Kier molecular flexibility index (Phi) is 17.0. The third-order valence-electron chi connectivity index (χ3n) is 6.43. The van der Waals surface area contributed by atoms with Crippen molar-refractivity contribution in [1.82, 2.24) is 0 Å². The Labute approximate surface area is 192 Å². The number of nitrogens with zero attached hydrogens (tertiary/aromatic N) is 1. The third kappa shape index (κ3) is 17.0. The molecule has 1 unspecified atom stereocenters. The maximum Gasteiger partial charge on any atom is 0.268 e. The molecular weight excluding hydrogens is 409 g/mol. The van der Waals surface area contributed by atoms with Crippen LogP contribution in [0.4, 0.5) is 0 Å². The number of unbranched alkanes of at least 4 members (excludes halogenated alkanes) is 12. The third-order valence-corrected chi connectivity index (χ3v) is 7.43. The van der Waals surface area contributed by atoms with Gasteiger partial charge in [0.15, 0.2) is 0 Å². The molecule has 1 saturated heterocycles. The van der Waals surface area contributed by atoms with Crippen molar-refractivity contribution >= 4 is 7.82 Å². The smallest absolute Gasteiger partial charge is 0.268 e. The molecule has 31 heavy (non-hydrogen) atoms. The van der Waals surface area contributed by atoms with Crippen LogP contribution in [0.1, 0.15) is 110 Å². The lowest BCUT2D eigenvalue weighted by Crippen LogP contribution is -2.43. The summed E-state index contributed by atoms with van der Waals surface area (Å²) in [5, 5.41) is 0. The molecule has 1 heterocycles. The fraction of sp³-hybridized carbons (Fsp3) is 0.920. The number of hydrogen-bond donors (Lipinski definition) is 0. The summed E-state index contributed by atoms with van der Waals surface area (Å²) in [5.41, 5.74) is 0. The molecule has 6 heteroatoms. The number of likely N-dealkylation sites (N-methyl/N-ethyl adjacent to an activating group) is 1. The van der Waals surface area contributed by atoms with Gasteiger partial charge in [0, 0.05) is 12.8 Å². The molecule has 0 aromatic carbocycles. The van der Waals surface area contributed by atoms with Gasteiger partial charge in [-0.1, -0.05) is 76.9 Å². The lowest BCUT2D eigenvalue weighted by Gasteiger charge is -2.30. The Balaban J connectivity index is 1.84. The van der Waals surface area contributed by atoms with E-state index < -0.39 is 7.82 Å². The number of phosphoric ester groups is 1. The average molecular weight is 460 g/mol. The van der Waals surface area contributed by atoms with Gasteiger partial charge in [-0.15, -0.1) is 0 Å². The summed E-state index contributed by atoms with van der Waals surface area (Å²) >= 11 is 0. The van der Waals surface area contributed by atoms with E-state index in [9.17, 15) is 9.46 Å². The Morgan fingerprint density at radius 3 is 1.84 bits per heavy atom. The van der Waals surface area contributed by atoms with Gasteiger partial charge in [-0.2, -0.15) is 0 Å². The Hall–Kier alpha value is -0.190. The summed E-state index contributed by atoms with van der Waals surface area (Å²) < 4.78 is 22.8. The lowest BCUT2D eigenvalue weighted by molar-refractivity contribution is -0.897. The number of rotatable bonds is 21. The minimum atomic E-state index is -4.14. The van der Waals surface area contributed by atoms with Gasteiger partial charge in [0.2, 0.25) is 0 Å². The predicted molar refractivity (Wildman–Crippen MR) is 129 cm³/mol. The van der Waals surface area contributed by atoms with E-state index in [4.69, 9.17) is 9.05 Å². The quantitative estimate of drug-likeness (QED) is 0.0823. The number of hydrogen-bond acceptors (Lipinski definition) is 4. The molecule has 1 atom stereocenters. The first kappa shape index (κ1) is 28.8. The summed E-state index contributed by atoms with van der Waals surface area (Å²) in [5.74, 6) is 0. The van der Waals surface area contributed by atoms with Gasteiger partial charge in [0.25, 0.3) is 7.82 Å². The highest BCUT2D eigenvalue weighted by atomic mass is 31.2. The highest BCUT2D eigenvalue weighted by Gasteiger charge is 2.26. The van der Waals surface area contributed by atoms with E-state index in [2.05, 4.69) is 26.1 Å². The van der Waals surface area contributed by atoms with Crippen LogP contribution < -0.4 is 4.89 Å². The fourth-order valence-electron chi connectivity index (χ4n) is 4.26. The highest BCUT2D eigenvalue weighted by Crippen LogP contribution is 2.38. The van der Waals surface area contributed by atoms with Crippen molar-refractivity contribution in [3.05, 3.63) is 12.2 Å². The first-order chi connectivity index (χ1) is 15.0. The monoisotopic (exact) mass is 459 g/mol. The van der Waals surface area contributed by atoms with Gasteiger partial charge < -0.3 is 18.4 Å². The molecule has 0 aromatic heterocycles. The van der Waals surface area contributed by atoms with Crippen molar-refractivity contribution in [3.8, 4) is 0 Å². The minimum absolute atomic E-state index is 0.227. The second-order valence-electron chi connectivity index (χ2n) is 9.55. The predicted octanol–water partition coefficient (Wildman–Crippen LogP) is 6.77. The summed E-state index contributed by atoms with van der Waals surface area (Å²) in [6.07, 6.45) is 24.4. The second-order valence-corrected chi connectivity index (χ2v) is 11.0. The maximum absolute atomic E-state index is 11.8. The normalized spacial score (nSPS) is 18.0. The first-order valence-electron chi connectivity index (χ1n) is 13.1. The van der Waals surface area contributed by atoms with Crippen LogP contribution in [0.2, 0.25) is 0 Å². The zero-order valence-corrected chi connectivity index (χ0v) is 21.4. The van der Waals surface area contributed by atoms with Crippen molar-refractivity contribution in [1.29, 1.82) is 0 Å². The van der Waals surface area contributed by atoms with E-state index >= 15 is 0 Å². The summed E-state index contributed by atoms with van der Waals surface area (Å²) in [7, 11) is -1.97. The number of allylic oxidation sites excluding steroid dienone is 2. The summed E-state index contributed by atoms with van der Waals surface area (Å²) in [4.78, 5) is 11.8. The molecule has 0 aliphatic carbocycles. The molecule has 1 aliphatic rings. The van der Waals surface area contributed by atoms with Gasteiger partial charge >= 0.3 is 0 Å². The Morgan fingerprint density at radius 1 is 0.774 bits per heavy atom. The Morgan fingerprint density at radius 2 is 1.26 bits per heavy atom. The van der Waals surface area contributed by atoms with Crippen molar-refractivity contribution in [2.75, 3.05) is 39.9 Å². The molecule has 5 nitrogen and oxygen atoms in total. The molecule has 0 saturated carbocycles. The molecule has 0 aromatic rings. The molecule has 0 amide bonds. The van der Waals surface area contributed by atoms with Crippen LogP contribution in [0, 0.1) is 0 Å². The molecule has 0 radical (unpaired) electrons. The first-order valence-corrected chi connectivity index (χ1v) is 14.5. The van der Waals surface area contributed by atoms with E-state index in [-0.39, 0.29) is 13.2 Å². The van der Waals surface area contributed by atoms with Crippen LogP contribution in [-0.2, 0) is 13.6 Å². The van der Waals surface area contributed by atoms with Crippen molar-refractivity contribution < 1.29 is 23.0 Å². The molecule has 1 rings (SSSR count). The standard InChI is InChI=1S/C25H50NO4P/c1-3-4-5-6-7-8-9-10-11-12-13-14-15-16-17-20-24-29-31(27,28)30-25-23-26(2)21-18-19-22-26/h10-11H,3-9,12-25H2,1-2H3/b11-10-. The van der Waals surface area contributed by atoms with E-state index in [1.165, 1.54) is 83.5 Å². The molecular formula is C25H50NO4P. The van der Waals surface area contributed by atoms with Gasteiger partial charge in [-0.3, -0.25) is 4.57 Å². The second kappa shape index (κ2) is 18.3. The molecule has 1 fully saturated rings. The van der Waals surface area contributed by atoms with Crippen molar-refractivity contribution in [2.24, 2.45) is 0 Å². The minimum Gasteiger partial charge on any atom is -0.756 e. The van der Waals surface area contributed by atoms with E-state index in [1.54, 1.807) is 0 Å². The SMILES string of the molecule is CCCCCCCC/C=C\CCCCCCCCOP(=O)([O-])OCC[N+]1(C)CCCC1. The van der Waals surface area contributed by atoms with Crippen LogP contribution >= 0.6 is 7.82 Å². The van der Waals surface area contributed by atoms with Crippen LogP contribution in [-0.4, -0.2) is 44.4 Å². The lowest BCUT2D eigenvalue weighted by atomic mass is 10.1. The van der Waals surface area contributed by atoms with Crippen molar-refractivity contribution in [2.45, 2.75) is 110 Å². The van der Waals surface area contributed by atoms with Crippen LogP contribution in [0.5, 0.6) is 0 Å². The highest BCUT2D eigenvalue weighted by molar-refractivity contribution is 7.45. The van der Waals surface area contributed by atoms with Gasteiger partial charge in [0.05, 0.1) is 26.7 Å². The van der Waals surface area contributed by atoms with Crippen LogP contribution in [0.15, 0.2) is 12.2 Å². The summed E-state index contributed by atoms with van der Waals surface area (Å²) in [6.45, 7) is 5.70. The average Bonchev–Trinajstić information content (AvgIpc) is 3.16. The molecule has 1 aliphatic heterocycles. The topological polar surface area (TPSA) is 58.6 Å². The maximum atomic E-state index is 11.8. The number of phosphoric acid groups is 1. The molecule has 0 bridgehead atoms. The van der Waals surface area contributed by atoms with E-state index in [1.807, 2.05) is 0 Å². The Bertz CT molecular complexity index is 492. The zero-order valence-electron chi connectivity index (χ0n) is 20.5. The van der Waals surface area contributed by atoms with Gasteiger partial charge in [-0.05, 0) is 32.1 Å². The van der Waals surface area contributed by atoms with Gasteiger partial charge in [0.1, 0.15) is 13.2 Å². The molecule has 0 spiro atoms. The molecule has 0 N–H and O–H groups in total. The zero-order chi connectivity index (χ0) is 22.7. The van der Waals surface area contributed by atoms with E-state index in [0.29, 0.717) is 0 Å². The number of quaternary nitrogens is 1. The largest absolute Gasteiger partial charge is 0.756 e. The molecule has 184 valence electrons. The van der Waals surface area contributed by atoms with Crippen LogP contribution in [0.3, 0.4) is 0 Å². The van der Waals surface area contributed by atoms with Crippen molar-refractivity contribution in [3.63, 3.8) is 0 Å². The fourth-order valence-corrected chi connectivity index (χ4v) is 4.99.